The highest BCUT2D eigenvalue weighted by atomic mass is 79.9. The molecule has 0 unspecified atom stereocenters. The number of nitrogens with zero attached hydrogens (tertiary/aromatic N) is 1. The highest BCUT2D eigenvalue weighted by Gasteiger charge is 2.16. The Morgan fingerprint density at radius 1 is 1.10 bits per heavy atom. The normalized spacial score (nSPS) is 10.7. The maximum atomic E-state index is 6.04. The molecule has 0 aliphatic carbocycles. The topological polar surface area (TPSA) is 54.7 Å². The summed E-state index contributed by atoms with van der Waals surface area (Å²) in [6, 6.07) is 16.3. The van der Waals surface area contributed by atoms with Crippen LogP contribution in [0, 0.1) is 6.92 Å². The SMILES string of the molecule is Cc1ccc(Br)c(-c2[nH]nc(N)c2-c2ccccc2)c1. The van der Waals surface area contributed by atoms with Crippen LogP contribution in [0.5, 0.6) is 0 Å². The van der Waals surface area contributed by atoms with E-state index < -0.39 is 0 Å². The van der Waals surface area contributed by atoms with Gasteiger partial charge in [0.2, 0.25) is 0 Å². The van der Waals surface area contributed by atoms with Crippen LogP contribution < -0.4 is 5.73 Å². The Morgan fingerprint density at radius 3 is 2.60 bits per heavy atom. The van der Waals surface area contributed by atoms with Crippen LogP contribution in [0.2, 0.25) is 0 Å². The van der Waals surface area contributed by atoms with E-state index in [0.717, 1.165) is 26.9 Å². The quantitative estimate of drug-likeness (QED) is 0.733. The summed E-state index contributed by atoms with van der Waals surface area (Å²) in [5.74, 6) is 0.514. The zero-order chi connectivity index (χ0) is 14.1. The van der Waals surface area contributed by atoms with Crippen LogP contribution in [-0.2, 0) is 0 Å². The monoisotopic (exact) mass is 327 g/mol. The second-order valence-corrected chi connectivity index (χ2v) is 5.56. The predicted molar refractivity (Wildman–Crippen MR) is 86.3 cm³/mol. The first-order valence-electron chi connectivity index (χ1n) is 6.32. The van der Waals surface area contributed by atoms with Crippen molar-refractivity contribution in [1.29, 1.82) is 0 Å². The van der Waals surface area contributed by atoms with Crippen LogP contribution in [0.4, 0.5) is 5.82 Å². The fraction of sp³-hybridized carbons (Fsp3) is 0.0625. The average molecular weight is 328 g/mol. The van der Waals surface area contributed by atoms with E-state index >= 15 is 0 Å². The molecule has 1 aromatic heterocycles. The van der Waals surface area contributed by atoms with Crippen molar-refractivity contribution in [2.45, 2.75) is 6.92 Å². The molecule has 0 radical (unpaired) electrons. The van der Waals surface area contributed by atoms with E-state index in [0.29, 0.717) is 5.82 Å². The van der Waals surface area contributed by atoms with Crippen molar-refractivity contribution in [2.75, 3.05) is 5.73 Å². The van der Waals surface area contributed by atoms with Gasteiger partial charge in [-0.15, -0.1) is 0 Å². The molecule has 0 atom stereocenters. The molecule has 2 aromatic carbocycles. The van der Waals surface area contributed by atoms with Gasteiger partial charge in [-0.05, 0) is 24.6 Å². The third-order valence-corrected chi connectivity index (χ3v) is 3.94. The van der Waals surface area contributed by atoms with Gasteiger partial charge in [-0.3, -0.25) is 5.10 Å². The van der Waals surface area contributed by atoms with Gasteiger partial charge in [0.05, 0.1) is 11.3 Å². The number of hydrogen-bond donors (Lipinski definition) is 2. The smallest absolute Gasteiger partial charge is 0.153 e. The zero-order valence-corrected chi connectivity index (χ0v) is 12.6. The molecule has 0 spiro atoms. The number of benzene rings is 2. The summed E-state index contributed by atoms with van der Waals surface area (Å²) >= 11 is 3.59. The highest BCUT2D eigenvalue weighted by molar-refractivity contribution is 9.10. The lowest BCUT2D eigenvalue weighted by atomic mass is 10.00. The summed E-state index contributed by atoms with van der Waals surface area (Å²) in [5, 5.41) is 7.22. The molecule has 3 nitrogen and oxygen atoms in total. The van der Waals surface area contributed by atoms with Crippen LogP contribution in [0.3, 0.4) is 0 Å². The number of aromatic amines is 1. The number of H-pyrrole nitrogens is 1. The van der Waals surface area contributed by atoms with Crippen molar-refractivity contribution in [3.8, 4) is 22.4 Å². The molecule has 0 saturated heterocycles. The molecule has 20 heavy (non-hydrogen) atoms. The third-order valence-electron chi connectivity index (χ3n) is 3.25. The Morgan fingerprint density at radius 2 is 1.85 bits per heavy atom. The molecule has 0 aliphatic rings. The van der Waals surface area contributed by atoms with E-state index in [9.17, 15) is 0 Å². The van der Waals surface area contributed by atoms with Crippen molar-refractivity contribution in [1.82, 2.24) is 10.2 Å². The Hall–Kier alpha value is -2.07. The standard InChI is InChI=1S/C16H14BrN3/c1-10-7-8-13(17)12(9-10)15-14(16(18)20-19-15)11-5-3-2-4-6-11/h2-9H,1H3,(H3,18,19,20). The van der Waals surface area contributed by atoms with Crippen molar-refractivity contribution < 1.29 is 0 Å². The maximum absolute atomic E-state index is 6.04. The number of nitrogens with one attached hydrogen (secondary N) is 1. The molecule has 0 aliphatic heterocycles. The van der Waals surface area contributed by atoms with E-state index in [1.54, 1.807) is 0 Å². The minimum absolute atomic E-state index is 0.514. The van der Waals surface area contributed by atoms with E-state index in [1.165, 1.54) is 5.56 Å². The summed E-state index contributed by atoms with van der Waals surface area (Å²) in [6.45, 7) is 2.07. The number of aryl methyl sites for hydroxylation is 1. The number of nitrogen functional groups attached to an aromatic ring is 1. The van der Waals surface area contributed by atoms with Crippen molar-refractivity contribution in [3.05, 3.63) is 58.6 Å². The predicted octanol–water partition coefficient (Wildman–Crippen LogP) is 4.40. The van der Waals surface area contributed by atoms with Crippen LogP contribution in [0.15, 0.2) is 53.0 Å². The number of hydrogen-bond acceptors (Lipinski definition) is 2. The van der Waals surface area contributed by atoms with Gasteiger partial charge in [0, 0.05) is 10.0 Å². The second kappa shape index (κ2) is 5.13. The first-order valence-corrected chi connectivity index (χ1v) is 7.12. The lowest BCUT2D eigenvalue weighted by molar-refractivity contribution is 1.10. The van der Waals surface area contributed by atoms with Crippen LogP contribution in [-0.4, -0.2) is 10.2 Å². The van der Waals surface area contributed by atoms with Gasteiger partial charge in [0.15, 0.2) is 5.82 Å². The molecule has 0 saturated carbocycles. The Balaban J connectivity index is 2.24. The Labute approximate surface area is 126 Å². The third kappa shape index (κ3) is 2.23. The molecular formula is C16H14BrN3. The summed E-state index contributed by atoms with van der Waals surface area (Å²) < 4.78 is 1.02. The van der Waals surface area contributed by atoms with E-state index in [-0.39, 0.29) is 0 Å². The second-order valence-electron chi connectivity index (χ2n) is 4.71. The van der Waals surface area contributed by atoms with E-state index in [1.807, 2.05) is 36.4 Å². The van der Waals surface area contributed by atoms with Crippen LogP contribution in [0.1, 0.15) is 5.56 Å². The number of aromatic nitrogens is 2. The van der Waals surface area contributed by atoms with Gasteiger partial charge < -0.3 is 5.73 Å². The largest absolute Gasteiger partial charge is 0.382 e. The van der Waals surface area contributed by atoms with Crippen molar-refractivity contribution in [2.24, 2.45) is 0 Å². The van der Waals surface area contributed by atoms with Crippen LogP contribution >= 0.6 is 15.9 Å². The molecule has 4 heteroatoms. The first-order chi connectivity index (χ1) is 9.66. The van der Waals surface area contributed by atoms with Gasteiger partial charge >= 0.3 is 0 Å². The van der Waals surface area contributed by atoms with Crippen molar-refractivity contribution in [3.63, 3.8) is 0 Å². The average Bonchev–Trinajstić information content (AvgIpc) is 2.84. The fourth-order valence-corrected chi connectivity index (χ4v) is 2.72. The minimum Gasteiger partial charge on any atom is -0.382 e. The Kier molecular flexibility index (Phi) is 3.32. The molecular weight excluding hydrogens is 314 g/mol. The lowest BCUT2D eigenvalue weighted by Crippen LogP contribution is -1.89. The van der Waals surface area contributed by atoms with Gasteiger partial charge in [-0.2, -0.15) is 5.10 Å². The maximum Gasteiger partial charge on any atom is 0.153 e. The summed E-state index contributed by atoms with van der Waals surface area (Å²) in [6.07, 6.45) is 0. The molecule has 0 fully saturated rings. The molecule has 3 rings (SSSR count). The number of anilines is 1. The molecule has 0 bridgehead atoms. The zero-order valence-electron chi connectivity index (χ0n) is 11.0. The summed E-state index contributed by atoms with van der Waals surface area (Å²) in [5.41, 5.74) is 11.2. The highest BCUT2D eigenvalue weighted by Crippen LogP contribution is 2.38. The summed E-state index contributed by atoms with van der Waals surface area (Å²) in [4.78, 5) is 0. The molecule has 3 aromatic rings. The summed E-state index contributed by atoms with van der Waals surface area (Å²) in [7, 11) is 0. The van der Waals surface area contributed by atoms with E-state index in [4.69, 9.17) is 5.73 Å². The number of rotatable bonds is 2. The number of nitrogens with two attached hydrogens (primary N) is 1. The van der Waals surface area contributed by atoms with E-state index in [2.05, 4.69) is 45.2 Å². The fourth-order valence-electron chi connectivity index (χ4n) is 2.28. The van der Waals surface area contributed by atoms with Crippen LogP contribution in [0.25, 0.3) is 22.4 Å². The van der Waals surface area contributed by atoms with Gasteiger partial charge in [-0.25, -0.2) is 0 Å². The lowest BCUT2D eigenvalue weighted by Gasteiger charge is -2.07. The van der Waals surface area contributed by atoms with Gasteiger partial charge in [0.1, 0.15) is 0 Å². The van der Waals surface area contributed by atoms with Crippen molar-refractivity contribution >= 4 is 21.7 Å². The molecule has 3 N–H and O–H groups in total. The van der Waals surface area contributed by atoms with Gasteiger partial charge in [0.25, 0.3) is 0 Å². The first kappa shape index (κ1) is 12.9. The molecule has 1 heterocycles. The Bertz CT molecular complexity index is 748. The number of halogens is 1. The minimum atomic E-state index is 0.514. The molecule has 100 valence electrons. The van der Waals surface area contributed by atoms with Gasteiger partial charge in [-0.1, -0.05) is 57.9 Å². The molecule has 0 amide bonds.